The summed E-state index contributed by atoms with van der Waals surface area (Å²) >= 11 is 4.80. The Morgan fingerprint density at radius 2 is 1.84 bits per heavy atom. The average Bonchev–Trinajstić information content (AvgIpc) is 2.90. The Morgan fingerprint density at radius 1 is 1.12 bits per heavy atom. The Kier molecular flexibility index (Phi) is 3.36. The molecule has 8 nitrogen and oxygen atoms in total. The average molecular weight is 350 g/mol. The molecule has 122 valence electrons. The Morgan fingerprint density at radius 3 is 2.56 bits per heavy atom. The normalized spacial score (nSPS) is 13.5. The maximum atomic E-state index is 11.0. The van der Waals surface area contributed by atoms with E-state index in [-0.39, 0.29) is 10.8 Å². The number of rotatable bonds is 2. The fourth-order valence-corrected chi connectivity index (χ4v) is 2.80. The van der Waals surface area contributed by atoms with Gasteiger partial charge < -0.3 is 5.73 Å². The van der Waals surface area contributed by atoms with Crippen LogP contribution in [0.3, 0.4) is 0 Å². The number of fused-ring (bicyclic) bond motifs is 4. The highest BCUT2D eigenvalue weighted by atomic mass is 32.1. The van der Waals surface area contributed by atoms with Gasteiger partial charge in [-0.1, -0.05) is 24.3 Å². The molecule has 2 aromatic carbocycles. The van der Waals surface area contributed by atoms with Crippen LogP contribution in [0.5, 0.6) is 0 Å². The standard InChI is InChI=1S/C16H10N6O2S/c17-16(25)21-20-14-10-4-2-1-3-9(10)13-15(14)19-12-7-8(22(23)24)5-6-11(12)18-13/h1-7H,(H3,17,21,25). The first-order valence-electron chi connectivity index (χ1n) is 7.24. The van der Waals surface area contributed by atoms with E-state index in [9.17, 15) is 10.1 Å². The van der Waals surface area contributed by atoms with Gasteiger partial charge in [-0.2, -0.15) is 5.10 Å². The summed E-state index contributed by atoms with van der Waals surface area (Å²) < 4.78 is 0. The summed E-state index contributed by atoms with van der Waals surface area (Å²) in [5.74, 6) is 0. The highest BCUT2D eigenvalue weighted by molar-refractivity contribution is 7.80. The molecule has 0 bridgehead atoms. The number of thiocarbonyl (C=S) groups is 1. The zero-order valence-corrected chi connectivity index (χ0v) is 13.4. The summed E-state index contributed by atoms with van der Waals surface area (Å²) in [5.41, 5.74) is 12.4. The minimum Gasteiger partial charge on any atom is -0.375 e. The van der Waals surface area contributed by atoms with Gasteiger partial charge in [0.05, 0.1) is 21.7 Å². The highest BCUT2D eigenvalue weighted by Crippen LogP contribution is 2.35. The quantitative estimate of drug-likeness (QED) is 0.323. The van der Waals surface area contributed by atoms with E-state index < -0.39 is 4.92 Å². The Bertz CT molecular complexity index is 1100. The van der Waals surface area contributed by atoms with Crippen molar-refractivity contribution in [2.75, 3.05) is 0 Å². The van der Waals surface area contributed by atoms with E-state index in [0.717, 1.165) is 11.1 Å². The first-order chi connectivity index (χ1) is 12.0. The molecule has 0 unspecified atom stereocenters. The van der Waals surface area contributed by atoms with Crippen molar-refractivity contribution in [1.29, 1.82) is 0 Å². The molecule has 1 aliphatic rings. The Balaban J connectivity index is 1.98. The van der Waals surface area contributed by atoms with Gasteiger partial charge in [0, 0.05) is 23.3 Å². The first-order valence-corrected chi connectivity index (χ1v) is 7.65. The zero-order valence-electron chi connectivity index (χ0n) is 12.6. The van der Waals surface area contributed by atoms with E-state index in [2.05, 4.69) is 20.5 Å². The predicted octanol–water partition coefficient (Wildman–Crippen LogP) is 2.10. The summed E-state index contributed by atoms with van der Waals surface area (Å²) in [4.78, 5) is 19.7. The van der Waals surface area contributed by atoms with Crippen molar-refractivity contribution in [1.82, 2.24) is 15.4 Å². The van der Waals surface area contributed by atoms with Crippen LogP contribution in [0.15, 0.2) is 47.6 Å². The number of aromatic nitrogens is 2. The summed E-state index contributed by atoms with van der Waals surface area (Å²) in [7, 11) is 0. The SMILES string of the molecule is NC(=S)NN=C1c2ccccc2-c2nc3ccc([N+](=O)[O-])cc3nc21. The van der Waals surface area contributed by atoms with Crippen molar-refractivity contribution in [3.63, 3.8) is 0 Å². The van der Waals surface area contributed by atoms with Crippen LogP contribution < -0.4 is 11.2 Å². The van der Waals surface area contributed by atoms with Crippen LogP contribution in [-0.2, 0) is 0 Å². The molecule has 3 aromatic rings. The molecular formula is C16H10N6O2S. The number of nitrogens with two attached hydrogens (primary N) is 1. The number of nitro groups is 1. The zero-order chi connectivity index (χ0) is 17.6. The van der Waals surface area contributed by atoms with Gasteiger partial charge in [-0.25, -0.2) is 9.97 Å². The molecule has 0 fully saturated rings. The number of hydrazone groups is 1. The molecule has 0 amide bonds. The molecular weight excluding hydrogens is 340 g/mol. The fraction of sp³-hybridized carbons (Fsp3) is 0. The van der Waals surface area contributed by atoms with Crippen molar-refractivity contribution in [3.05, 3.63) is 63.8 Å². The largest absolute Gasteiger partial charge is 0.375 e. The van der Waals surface area contributed by atoms with Gasteiger partial charge in [0.25, 0.3) is 5.69 Å². The van der Waals surface area contributed by atoms with Crippen LogP contribution in [0.25, 0.3) is 22.3 Å². The lowest BCUT2D eigenvalue weighted by Crippen LogP contribution is -2.25. The van der Waals surface area contributed by atoms with Crippen molar-refractivity contribution in [2.24, 2.45) is 10.8 Å². The third-order valence-corrected chi connectivity index (χ3v) is 3.89. The van der Waals surface area contributed by atoms with Crippen LogP contribution in [-0.4, -0.2) is 25.7 Å². The van der Waals surface area contributed by atoms with Gasteiger partial charge in [0.15, 0.2) is 5.11 Å². The lowest BCUT2D eigenvalue weighted by atomic mass is 10.1. The lowest BCUT2D eigenvalue weighted by molar-refractivity contribution is -0.384. The summed E-state index contributed by atoms with van der Waals surface area (Å²) in [6.07, 6.45) is 0. The highest BCUT2D eigenvalue weighted by Gasteiger charge is 2.28. The third kappa shape index (κ3) is 2.46. The Labute approximate surface area is 146 Å². The lowest BCUT2D eigenvalue weighted by Gasteiger charge is -2.03. The molecule has 0 radical (unpaired) electrons. The second-order valence-corrected chi connectivity index (χ2v) is 5.77. The molecule has 0 saturated heterocycles. The summed E-state index contributed by atoms with van der Waals surface area (Å²) in [6.45, 7) is 0. The monoisotopic (exact) mass is 350 g/mol. The van der Waals surface area contributed by atoms with E-state index in [4.69, 9.17) is 18.0 Å². The second-order valence-electron chi connectivity index (χ2n) is 5.33. The van der Waals surface area contributed by atoms with E-state index in [1.807, 2.05) is 24.3 Å². The van der Waals surface area contributed by atoms with Crippen LogP contribution in [0.4, 0.5) is 5.69 Å². The Hall–Kier alpha value is -3.46. The maximum absolute atomic E-state index is 11.0. The molecule has 1 heterocycles. The minimum atomic E-state index is -0.466. The van der Waals surface area contributed by atoms with E-state index in [0.29, 0.717) is 28.1 Å². The van der Waals surface area contributed by atoms with Gasteiger partial charge in [-0.3, -0.25) is 15.5 Å². The van der Waals surface area contributed by atoms with Gasteiger partial charge in [0.1, 0.15) is 11.4 Å². The van der Waals surface area contributed by atoms with Gasteiger partial charge in [-0.15, -0.1) is 0 Å². The van der Waals surface area contributed by atoms with Crippen LogP contribution >= 0.6 is 12.2 Å². The minimum absolute atomic E-state index is 0.0304. The molecule has 25 heavy (non-hydrogen) atoms. The molecule has 1 aromatic heterocycles. The number of nitrogens with one attached hydrogen (secondary N) is 1. The fourth-order valence-electron chi connectivity index (χ4n) is 2.76. The summed E-state index contributed by atoms with van der Waals surface area (Å²) in [5, 5.41) is 15.3. The maximum Gasteiger partial charge on any atom is 0.271 e. The number of non-ortho nitro benzene ring substituents is 1. The van der Waals surface area contributed by atoms with E-state index in [1.54, 1.807) is 6.07 Å². The topological polar surface area (TPSA) is 119 Å². The molecule has 0 atom stereocenters. The van der Waals surface area contributed by atoms with Gasteiger partial charge in [-0.05, 0) is 18.3 Å². The van der Waals surface area contributed by atoms with Gasteiger partial charge >= 0.3 is 0 Å². The molecule has 0 aliphatic heterocycles. The molecule has 0 spiro atoms. The third-order valence-electron chi connectivity index (χ3n) is 3.80. The van der Waals surface area contributed by atoms with Crippen molar-refractivity contribution < 1.29 is 4.92 Å². The number of nitrogens with zero attached hydrogens (tertiary/aromatic N) is 4. The molecule has 0 saturated carbocycles. The van der Waals surface area contributed by atoms with Crippen molar-refractivity contribution in [3.8, 4) is 11.3 Å². The summed E-state index contributed by atoms with van der Waals surface area (Å²) in [6, 6.07) is 12.0. The number of benzene rings is 2. The van der Waals surface area contributed by atoms with E-state index >= 15 is 0 Å². The van der Waals surface area contributed by atoms with Crippen molar-refractivity contribution >= 4 is 39.8 Å². The van der Waals surface area contributed by atoms with E-state index in [1.165, 1.54) is 12.1 Å². The second kappa shape index (κ2) is 5.56. The molecule has 1 aliphatic carbocycles. The first kappa shape index (κ1) is 15.1. The molecule has 9 heteroatoms. The number of hydrogen-bond acceptors (Lipinski definition) is 6. The molecule has 3 N–H and O–H groups in total. The van der Waals surface area contributed by atoms with Crippen LogP contribution in [0.2, 0.25) is 0 Å². The predicted molar refractivity (Wildman–Crippen MR) is 97.2 cm³/mol. The smallest absolute Gasteiger partial charge is 0.271 e. The number of hydrogen-bond donors (Lipinski definition) is 2. The van der Waals surface area contributed by atoms with Crippen LogP contribution in [0, 0.1) is 10.1 Å². The van der Waals surface area contributed by atoms with Gasteiger partial charge in [0.2, 0.25) is 0 Å². The van der Waals surface area contributed by atoms with Crippen molar-refractivity contribution in [2.45, 2.75) is 0 Å². The van der Waals surface area contributed by atoms with Crippen LogP contribution in [0.1, 0.15) is 11.3 Å². The number of nitro benzene ring substituents is 1. The molecule has 4 rings (SSSR count).